The molecule has 0 fully saturated rings. The monoisotopic (exact) mass is 434 g/mol. The topological polar surface area (TPSA) is 64.6 Å². The Bertz CT molecular complexity index is 1510. The molecule has 0 bridgehead atoms. The third kappa shape index (κ3) is 3.20. The molecule has 2 heterocycles. The van der Waals surface area contributed by atoms with E-state index in [0.29, 0.717) is 25.9 Å². The summed E-state index contributed by atoms with van der Waals surface area (Å²) in [5.41, 5.74) is 6.00. The second-order valence-electron chi connectivity index (χ2n) is 9.11. The van der Waals surface area contributed by atoms with Gasteiger partial charge in [-0.15, -0.1) is 0 Å². The van der Waals surface area contributed by atoms with E-state index in [1.807, 2.05) is 6.07 Å². The summed E-state index contributed by atoms with van der Waals surface area (Å²) < 4.78 is 9.87. The van der Waals surface area contributed by atoms with Gasteiger partial charge in [-0.2, -0.15) is 15.1 Å². The van der Waals surface area contributed by atoms with Crippen LogP contribution in [0.5, 0.6) is 5.75 Å². The van der Waals surface area contributed by atoms with Gasteiger partial charge in [0.25, 0.3) is 0 Å². The lowest BCUT2D eigenvalue weighted by atomic mass is 9.81. The van der Waals surface area contributed by atoms with E-state index in [2.05, 4.69) is 84.0 Å². The van der Waals surface area contributed by atoms with E-state index in [-0.39, 0.29) is 5.41 Å². The highest BCUT2D eigenvalue weighted by atomic mass is 16.5. The van der Waals surface area contributed by atoms with Gasteiger partial charge in [0, 0.05) is 34.1 Å². The SMILES string of the molecule is COc1ccc2c(c1)c1c(c[n+]2CCC#N)C(C)(C)c2c-1ccc1c[n+](CCC#N)ccc21. The van der Waals surface area contributed by atoms with Crippen molar-refractivity contribution in [2.75, 3.05) is 7.11 Å². The highest BCUT2D eigenvalue weighted by Gasteiger charge is 2.41. The number of pyridine rings is 2. The van der Waals surface area contributed by atoms with Crippen LogP contribution in [0.3, 0.4) is 0 Å². The minimum absolute atomic E-state index is 0.200. The summed E-state index contributed by atoms with van der Waals surface area (Å²) in [5, 5.41) is 21.7. The largest absolute Gasteiger partial charge is 0.497 e. The number of nitriles is 2. The molecule has 5 heteroatoms. The van der Waals surface area contributed by atoms with Gasteiger partial charge in [-0.1, -0.05) is 19.9 Å². The van der Waals surface area contributed by atoms with E-state index in [1.165, 1.54) is 33.0 Å². The van der Waals surface area contributed by atoms with Crippen LogP contribution in [0.15, 0.2) is 55.0 Å². The molecule has 2 aromatic heterocycles. The first kappa shape index (κ1) is 20.9. The number of aryl methyl sites for hydroxylation is 2. The molecule has 1 aliphatic carbocycles. The average molecular weight is 435 g/mol. The van der Waals surface area contributed by atoms with Gasteiger partial charge in [0.05, 0.1) is 37.5 Å². The Labute approximate surface area is 193 Å². The van der Waals surface area contributed by atoms with E-state index >= 15 is 0 Å². The molecule has 0 unspecified atom stereocenters. The summed E-state index contributed by atoms with van der Waals surface area (Å²) in [6, 6.07) is 17.3. The normalized spacial score (nSPS) is 13.4. The number of aromatic nitrogens is 2. The zero-order valence-corrected chi connectivity index (χ0v) is 19.2. The van der Waals surface area contributed by atoms with Gasteiger partial charge in [0.2, 0.25) is 5.52 Å². The van der Waals surface area contributed by atoms with E-state index in [1.54, 1.807) is 7.11 Å². The van der Waals surface area contributed by atoms with Crippen LogP contribution in [0.1, 0.15) is 37.8 Å². The van der Waals surface area contributed by atoms with Crippen LogP contribution in [0, 0.1) is 22.7 Å². The maximum Gasteiger partial charge on any atom is 0.213 e. The molecule has 0 atom stereocenters. The number of fused-ring (bicyclic) bond motifs is 7. The first-order valence-electron chi connectivity index (χ1n) is 11.2. The van der Waals surface area contributed by atoms with Gasteiger partial charge in [-0.25, -0.2) is 4.57 Å². The number of methoxy groups -OCH3 is 1. The van der Waals surface area contributed by atoms with Crippen molar-refractivity contribution in [1.29, 1.82) is 10.5 Å². The van der Waals surface area contributed by atoms with Crippen molar-refractivity contribution in [3.05, 3.63) is 66.1 Å². The summed E-state index contributed by atoms with van der Waals surface area (Å²) in [6.45, 7) is 5.91. The first-order valence-corrected chi connectivity index (χ1v) is 11.2. The Morgan fingerprint density at radius 3 is 2.48 bits per heavy atom. The Balaban J connectivity index is 1.80. The average Bonchev–Trinajstić information content (AvgIpc) is 3.07. The lowest BCUT2D eigenvalue weighted by Gasteiger charge is -2.22. The standard InChI is InChI=1S/C28H26N4O/c1-28(2)24-18-32(14-5-12-30)25-9-7-20(33-3)16-23(25)26(24)22-8-6-19-17-31(13-4-11-29)15-10-21(19)27(22)28/h6-10,15-18H,4-5,13-14H2,1-3H3/q+2. The summed E-state index contributed by atoms with van der Waals surface area (Å²) >= 11 is 0. The maximum atomic E-state index is 9.21. The minimum Gasteiger partial charge on any atom is -0.497 e. The second kappa shape index (κ2) is 7.87. The van der Waals surface area contributed by atoms with Crippen LogP contribution in [0.4, 0.5) is 0 Å². The third-order valence-electron chi connectivity index (χ3n) is 6.87. The molecular formula is C28H26N4O+2. The lowest BCUT2D eigenvalue weighted by Crippen LogP contribution is -2.36. The highest BCUT2D eigenvalue weighted by molar-refractivity contribution is 6.04. The summed E-state index contributed by atoms with van der Waals surface area (Å²) in [6.07, 6.45) is 7.41. The van der Waals surface area contributed by atoms with Gasteiger partial charge in [0.15, 0.2) is 31.7 Å². The highest BCUT2D eigenvalue weighted by Crippen LogP contribution is 2.53. The summed E-state index contributed by atoms with van der Waals surface area (Å²) in [4.78, 5) is 0. The van der Waals surface area contributed by atoms with Gasteiger partial charge in [-0.05, 0) is 34.7 Å². The van der Waals surface area contributed by atoms with E-state index < -0.39 is 0 Å². The third-order valence-corrected chi connectivity index (χ3v) is 6.87. The maximum absolute atomic E-state index is 9.21. The number of hydrogen-bond donors (Lipinski definition) is 0. The second-order valence-corrected chi connectivity index (χ2v) is 9.11. The number of benzene rings is 2. The van der Waals surface area contributed by atoms with Crippen molar-refractivity contribution in [3.8, 4) is 29.0 Å². The zero-order valence-electron chi connectivity index (χ0n) is 19.2. The number of nitrogens with zero attached hydrogens (tertiary/aromatic N) is 4. The molecule has 0 N–H and O–H groups in total. The van der Waals surface area contributed by atoms with Gasteiger partial charge < -0.3 is 4.74 Å². The Hall–Kier alpha value is -3.96. The van der Waals surface area contributed by atoms with Crippen molar-refractivity contribution >= 4 is 21.7 Å². The molecule has 0 amide bonds. The molecule has 2 aromatic carbocycles. The first-order chi connectivity index (χ1) is 16.0. The Morgan fingerprint density at radius 2 is 1.73 bits per heavy atom. The fourth-order valence-electron chi connectivity index (χ4n) is 5.30. The smallest absolute Gasteiger partial charge is 0.213 e. The van der Waals surface area contributed by atoms with Crippen molar-refractivity contribution in [1.82, 2.24) is 0 Å². The number of rotatable bonds is 5. The van der Waals surface area contributed by atoms with Crippen LogP contribution in [-0.2, 0) is 18.5 Å². The fourth-order valence-corrected chi connectivity index (χ4v) is 5.30. The molecule has 162 valence electrons. The van der Waals surface area contributed by atoms with Gasteiger partial charge in [0.1, 0.15) is 5.75 Å². The molecule has 0 aliphatic heterocycles. The molecular weight excluding hydrogens is 408 g/mol. The minimum atomic E-state index is -0.200. The van der Waals surface area contributed by atoms with Crippen molar-refractivity contribution in [2.45, 2.75) is 45.2 Å². The van der Waals surface area contributed by atoms with Crippen molar-refractivity contribution < 1.29 is 13.9 Å². The van der Waals surface area contributed by atoms with Crippen LogP contribution in [0.2, 0.25) is 0 Å². The molecule has 0 saturated carbocycles. The van der Waals surface area contributed by atoms with Gasteiger partial charge >= 0.3 is 0 Å². The lowest BCUT2D eigenvalue weighted by molar-refractivity contribution is -0.694. The number of hydrogen-bond acceptors (Lipinski definition) is 3. The quantitative estimate of drug-likeness (QED) is 0.427. The van der Waals surface area contributed by atoms with Gasteiger partial charge in [-0.3, -0.25) is 0 Å². The Kier molecular flexibility index (Phi) is 4.99. The van der Waals surface area contributed by atoms with E-state index in [4.69, 9.17) is 10.00 Å². The van der Waals surface area contributed by atoms with Crippen LogP contribution in [-0.4, -0.2) is 7.11 Å². The van der Waals surface area contributed by atoms with Crippen molar-refractivity contribution in [3.63, 3.8) is 0 Å². The fraction of sp³-hybridized carbons (Fsp3) is 0.286. The molecule has 0 spiro atoms. The van der Waals surface area contributed by atoms with Crippen LogP contribution >= 0.6 is 0 Å². The molecule has 5 nitrogen and oxygen atoms in total. The molecule has 4 aromatic rings. The zero-order chi connectivity index (χ0) is 23.2. The van der Waals surface area contributed by atoms with E-state index in [0.717, 1.165) is 16.7 Å². The molecule has 5 rings (SSSR count). The number of ether oxygens (including phenoxy) is 1. The van der Waals surface area contributed by atoms with E-state index in [9.17, 15) is 5.26 Å². The summed E-state index contributed by atoms with van der Waals surface area (Å²) in [7, 11) is 1.70. The van der Waals surface area contributed by atoms with Crippen LogP contribution in [0.25, 0.3) is 32.8 Å². The molecule has 1 aliphatic rings. The summed E-state index contributed by atoms with van der Waals surface area (Å²) in [5.74, 6) is 0.827. The predicted octanol–water partition coefficient (Wildman–Crippen LogP) is 4.71. The molecule has 0 saturated heterocycles. The molecule has 0 radical (unpaired) electrons. The molecule has 33 heavy (non-hydrogen) atoms. The van der Waals surface area contributed by atoms with Crippen LogP contribution < -0.4 is 13.9 Å². The predicted molar refractivity (Wildman–Crippen MR) is 126 cm³/mol. The Morgan fingerprint density at radius 1 is 0.939 bits per heavy atom. The van der Waals surface area contributed by atoms with Crippen molar-refractivity contribution in [2.24, 2.45) is 0 Å².